The number of hydrogen-bond acceptors (Lipinski definition) is 4. The molecule has 0 unspecified atom stereocenters. The molecule has 0 aliphatic carbocycles. The Kier molecular flexibility index (Phi) is 6.53. The van der Waals surface area contributed by atoms with Gasteiger partial charge in [0.1, 0.15) is 5.75 Å². The third-order valence-electron chi connectivity index (χ3n) is 5.16. The molecule has 2 N–H and O–H groups in total. The van der Waals surface area contributed by atoms with Gasteiger partial charge in [0, 0.05) is 18.2 Å². The monoisotopic (exact) mass is 363 g/mol. The molecule has 0 atom stereocenters. The summed E-state index contributed by atoms with van der Waals surface area (Å²) < 4.78 is 5.59. The van der Waals surface area contributed by atoms with Gasteiger partial charge in [-0.15, -0.1) is 0 Å². The van der Waals surface area contributed by atoms with Crippen LogP contribution in [0.2, 0.25) is 0 Å². The molecule has 1 aliphatic rings. The minimum Gasteiger partial charge on any atom is -0.494 e. The van der Waals surface area contributed by atoms with Crippen molar-refractivity contribution in [3.8, 4) is 5.75 Å². The van der Waals surface area contributed by atoms with Crippen LogP contribution in [0.25, 0.3) is 0 Å². The summed E-state index contributed by atoms with van der Waals surface area (Å²) in [7, 11) is 5.88. The Morgan fingerprint density at radius 3 is 2.38 bits per heavy atom. The predicted molar refractivity (Wildman–Crippen MR) is 105 cm³/mol. The lowest BCUT2D eigenvalue weighted by Gasteiger charge is -2.35. The molecular weight excluding hydrogens is 330 g/mol. The van der Waals surface area contributed by atoms with Crippen LogP contribution >= 0.6 is 0 Å². The summed E-state index contributed by atoms with van der Waals surface area (Å²) in [4.78, 5) is 15.9. The first-order valence-corrected chi connectivity index (χ1v) is 9.22. The smallest absolute Gasteiger partial charge is 0.409 e. The van der Waals surface area contributed by atoms with Gasteiger partial charge in [-0.25, -0.2) is 4.79 Å². The molecule has 1 heterocycles. The van der Waals surface area contributed by atoms with Crippen molar-refractivity contribution in [2.75, 3.05) is 39.6 Å². The second-order valence-electron chi connectivity index (χ2n) is 8.37. The molecule has 1 saturated heterocycles. The molecule has 0 aromatic heterocycles. The zero-order valence-electron chi connectivity index (χ0n) is 16.9. The number of ether oxygens (including phenoxy) is 1. The predicted octanol–water partition coefficient (Wildman–Crippen LogP) is 3.61. The second kappa shape index (κ2) is 8.27. The van der Waals surface area contributed by atoms with Gasteiger partial charge in [0.2, 0.25) is 0 Å². The number of rotatable bonds is 5. The van der Waals surface area contributed by atoms with Crippen LogP contribution in [0.5, 0.6) is 5.75 Å². The van der Waals surface area contributed by atoms with E-state index in [0.717, 1.165) is 43.6 Å². The number of amides is 1. The molecule has 1 fully saturated rings. The number of piperidine rings is 1. The molecule has 0 spiro atoms. The molecule has 1 aromatic carbocycles. The van der Waals surface area contributed by atoms with Crippen molar-refractivity contribution < 1.29 is 14.6 Å². The summed E-state index contributed by atoms with van der Waals surface area (Å²) in [6.07, 6.45) is 1.22. The minimum absolute atomic E-state index is 0.0755. The number of likely N-dealkylation sites (tertiary alicyclic amines) is 1. The number of carboxylic acid groups (broad SMARTS) is 1. The summed E-state index contributed by atoms with van der Waals surface area (Å²) in [5.74, 6) is 0.620. The van der Waals surface area contributed by atoms with E-state index in [2.05, 4.69) is 56.0 Å². The summed E-state index contributed by atoms with van der Waals surface area (Å²) in [5.41, 5.74) is 2.58. The van der Waals surface area contributed by atoms with E-state index in [1.165, 1.54) is 0 Å². The fourth-order valence-corrected chi connectivity index (χ4v) is 3.52. The van der Waals surface area contributed by atoms with Gasteiger partial charge in [0.05, 0.1) is 12.8 Å². The summed E-state index contributed by atoms with van der Waals surface area (Å²) >= 11 is 0. The number of hydrogen-bond donors (Lipinski definition) is 2. The van der Waals surface area contributed by atoms with Crippen LogP contribution in [-0.2, 0) is 12.0 Å². The lowest BCUT2D eigenvalue weighted by Crippen LogP contribution is -2.41. The highest BCUT2D eigenvalue weighted by Gasteiger charge is 2.24. The summed E-state index contributed by atoms with van der Waals surface area (Å²) in [6, 6.07) is 4.68. The molecular formula is C20H33N3O3. The number of carbonyl (C=O) groups is 1. The zero-order chi connectivity index (χ0) is 19.5. The quantitative estimate of drug-likeness (QED) is 0.837. The largest absolute Gasteiger partial charge is 0.494 e. The molecule has 1 aliphatic heterocycles. The lowest BCUT2D eigenvalue weighted by atomic mass is 9.85. The first-order valence-electron chi connectivity index (χ1n) is 9.22. The van der Waals surface area contributed by atoms with Gasteiger partial charge in [-0.1, -0.05) is 26.8 Å². The third-order valence-corrected chi connectivity index (χ3v) is 5.16. The highest BCUT2D eigenvalue weighted by molar-refractivity contribution is 5.86. The summed E-state index contributed by atoms with van der Waals surface area (Å²) in [6.45, 7) is 9.23. The average molecular weight is 364 g/mol. The molecule has 1 aromatic rings. The van der Waals surface area contributed by atoms with Crippen molar-refractivity contribution in [2.45, 2.75) is 51.6 Å². The fourth-order valence-electron chi connectivity index (χ4n) is 3.52. The molecule has 26 heavy (non-hydrogen) atoms. The Morgan fingerprint density at radius 1 is 1.31 bits per heavy atom. The second-order valence-corrected chi connectivity index (χ2v) is 8.37. The van der Waals surface area contributed by atoms with Crippen LogP contribution in [0.1, 0.15) is 44.7 Å². The number of anilines is 1. The van der Waals surface area contributed by atoms with Crippen LogP contribution in [-0.4, -0.2) is 61.3 Å². The third kappa shape index (κ3) is 5.11. The number of nitrogens with zero attached hydrogens (tertiary/aromatic N) is 2. The lowest BCUT2D eigenvalue weighted by molar-refractivity contribution is 0.139. The van der Waals surface area contributed by atoms with E-state index < -0.39 is 6.09 Å². The van der Waals surface area contributed by atoms with Gasteiger partial charge in [0.25, 0.3) is 0 Å². The molecule has 0 saturated carbocycles. The standard InChI is InChI=1S/C20H33N3O3/c1-20(2,3)15-11-14(18(26-6)17(12-15)21-19(24)25)13-23-9-7-16(8-10-23)22(4)5/h11-12,16,21H,7-10,13H2,1-6H3,(H,24,25). The van der Waals surface area contributed by atoms with Crippen molar-refractivity contribution in [1.29, 1.82) is 0 Å². The van der Waals surface area contributed by atoms with Crippen LogP contribution < -0.4 is 10.1 Å². The van der Waals surface area contributed by atoms with Gasteiger partial charge >= 0.3 is 6.09 Å². The molecule has 0 radical (unpaired) electrons. The topological polar surface area (TPSA) is 65.0 Å². The van der Waals surface area contributed by atoms with Gasteiger partial charge in [0.15, 0.2) is 0 Å². The van der Waals surface area contributed by atoms with E-state index in [0.29, 0.717) is 17.5 Å². The van der Waals surface area contributed by atoms with Crippen LogP contribution in [0.15, 0.2) is 12.1 Å². The van der Waals surface area contributed by atoms with Crippen LogP contribution in [0.3, 0.4) is 0 Å². The van der Waals surface area contributed by atoms with Gasteiger partial charge < -0.3 is 14.7 Å². The molecule has 6 heteroatoms. The van der Waals surface area contributed by atoms with Crippen molar-refractivity contribution >= 4 is 11.8 Å². The van der Waals surface area contributed by atoms with Crippen molar-refractivity contribution in [2.24, 2.45) is 0 Å². The SMILES string of the molecule is COc1c(CN2CCC(N(C)C)CC2)cc(C(C)(C)C)cc1NC(=O)O. The van der Waals surface area contributed by atoms with E-state index in [9.17, 15) is 9.90 Å². The van der Waals surface area contributed by atoms with E-state index in [1.54, 1.807) is 7.11 Å². The maximum atomic E-state index is 11.2. The Hall–Kier alpha value is -1.79. The van der Waals surface area contributed by atoms with E-state index in [-0.39, 0.29) is 5.41 Å². The molecule has 2 rings (SSSR count). The Balaban J connectivity index is 2.29. The highest BCUT2D eigenvalue weighted by atomic mass is 16.5. The maximum absolute atomic E-state index is 11.2. The minimum atomic E-state index is -1.08. The molecule has 146 valence electrons. The number of benzene rings is 1. The Bertz CT molecular complexity index is 630. The van der Waals surface area contributed by atoms with Crippen molar-refractivity contribution in [3.05, 3.63) is 23.3 Å². The fraction of sp³-hybridized carbons (Fsp3) is 0.650. The van der Waals surface area contributed by atoms with Gasteiger partial charge in [-0.2, -0.15) is 0 Å². The Labute approximate surface area is 157 Å². The van der Waals surface area contributed by atoms with Crippen LogP contribution in [0, 0.1) is 0 Å². The Morgan fingerprint density at radius 2 is 1.92 bits per heavy atom. The first kappa shape index (κ1) is 20.5. The van der Waals surface area contributed by atoms with E-state index in [4.69, 9.17) is 4.74 Å². The number of methoxy groups -OCH3 is 1. The van der Waals surface area contributed by atoms with Crippen LogP contribution in [0.4, 0.5) is 10.5 Å². The van der Waals surface area contributed by atoms with Crippen molar-refractivity contribution in [3.63, 3.8) is 0 Å². The first-order chi connectivity index (χ1) is 12.1. The molecule has 0 bridgehead atoms. The highest BCUT2D eigenvalue weighted by Crippen LogP contribution is 2.36. The van der Waals surface area contributed by atoms with E-state index in [1.807, 2.05) is 6.07 Å². The van der Waals surface area contributed by atoms with Gasteiger partial charge in [-0.05, 0) is 57.1 Å². The van der Waals surface area contributed by atoms with E-state index >= 15 is 0 Å². The maximum Gasteiger partial charge on any atom is 0.409 e. The molecule has 1 amide bonds. The average Bonchev–Trinajstić information content (AvgIpc) is 2.53. The van der Waals surface area contributed by atoms with Crippen molar-refractivity contribution in [1.82, 2.24) is 9.80 Å². The number of nitrogens with one attached hydrogen (secondary N) is 1. The normalized spacial score (nSPS) is 16.7. The summed E-state index contributed by atoms with van der Waals surface area (Å²) in [5, 5.41) is 11.7. The zero-order valence-corrected chi connectivity index (χ0v) is 16.9. The molecule has 6 nitrogen and oxygen atoms in total. The van der Waals surface area contributed by atoms with Gasteiger partial charge in [-0.3, -0.25) is 10.2 Å².